The van der Waals surface area contributed by atoms with E-state index in [1.54, 1.807) is 6.92 Å². The highest BCUT2D eigenvalue weighted by molar-refractivity contribution is 7.89. The lowest BCUT2D eigenvalue weighted by atomic mass is 10.1. The number of aromatic nitrogens is 2. The van der Waals surface area contributed by atoms with Crippen molar-refractivity contribution in [1.82, 2.24) is 14.3 Å². The van der Waals surface area contributed by atoms with Crippen molar-refractivity contribution in [3.63, 3.8) is 0 Å². The Morgan fingerprint density at radius 2 is 2.07 bits per heavy atom. The third-order valence-electron chi connectivity index (χ3n) is 4.52. The molecule has 1 fully saturated rings. The van der Waals surface area contributed by atoms with E-state index in [2.05, 4.69) is 9.97 Å². The van der Waals surface area contributed by atoms with Gasteiger partial charge < -0.3 is 20.2 Å². The maximum absolute atomic E-state index is 12.8. The van der Waals surface area contributed by atoms with Crippen LogP contribution in [0.25, 0.3) is 11.4 Å². The first kappa shape index (κ1) is 21.2. The summed E-state index contributed by atoms with van der Waals surface area (Å²) in [5, 5.41) is 17.5. The Bertz CT molecular complexity index is 1070. The lowest BCUT2D eigenvalue weighted by Gasteiger charge is -2.34. The predicted octanol–water partition coefficient (Wildman–Crippen LogP) is 1.37. The number of aliphatic hydroxyl groups excluding tert-OH is 1. The van der Waals surface area contributed by atoms with Gasteiger partial charge in [-0.1, -0.05) is 13.3 Å². The molecule has 0 aliphatic carbocycles. The van der Waals surface area contributed by atoms with E-state index in [0.29, 0.717) is 24.3 Å². The monoisotopic (exact) mass is 420 g/mol. The van der Waals surface area contributed by atoms with Gasteiger partial charge in [-0.25, -0.2) is 13.4 Å². The number of benzene rings is 1. The highest BCUT2D eigenvalue weighted by Crippen LogP contribution is 2.32. The van der Waals surface area contributed by atoms with Crippen LogP contribution in [-0.2, 0) is 10.0 Å². The normalized spacial score (nSPS) is 15.1. The quantitative estimate of drug-likeness (QED) is 0.552. The number of ether oxygens (including phenoxy) is 1. The van der Waals surface area contributed by atoms with E-state index in [4.69, 9.17) is 10.1 Å². The number of rotatable bonds is 8. The van der Waals surface area contributed by atoms with E-state index in [1.165, 1.54) is 28.6 Å². The minimum Gasteiger partial charge on any atom is -0.493 e. The van der Waals surface area contributed by atoms with E-state index in [1.807, 2.05) is 6.92 Å². The van der Waals surface area contributed by atoms with Gasteiger partial charge in [-0.15, -0.1) is 0 Å². The molecule has 0 unspecified atom stereocenters. The van der Waals surface area contributed by atoms with E-state index in [0.717, 1.165) is 6.42 Å². The largest absolute Gasteiger partial charge is 0.493 e. The second-order valence-corrected chi connectivity index (χ2v) is 8.71. The molecule has 1 saturated heterocycles. The Balaban J connectivity index is 2.10. The lowest BCUT2D eigenvalue weighted by molar-refractivity contribution is 0.0548. The van der Waals surface area contributed by atoms with Gasteiger partial charge in [-0.05, 0) is 31.5 Å². The highest BCUT2D eigenvalue weighted by Gasteiger charge is 2.36. The van der Waals surface area contributed by atoms with E-state index < -0.39 is 21.7 Å². The van der Waals surface area contributed by atoms with Crippen LogP contribution < -0.4 is 10.3 Å². The third kappa shape index (κ3) is 4.39. The highest BCUT2D eigenvalue weighted by atomic mass is 32.2. The van der Waals surface area contributed by atoms with Crippen LogP contribution in [0.5, 0.6) is 5.75 Å². The fraction of sp³-hybridized carbons (Fsp3) is 0.421. The fourth-order valence-electron chi connectivity index (χ4n) is 3.02. The summed E-state index contributed by atoms with van der Waals surface area (Å²) in [5.74, 6) is 0.509. The molecule has 3 rings (SSSR count). The summed E-state index contributed by atoms with van der Waals surface area (Å²) in [7, 11) is -3.79. The minimum absolute atomic E-state index is 0.0135. The van der Waals surface area contributed by atoms with Crippen molar-refractivity contribution in [2.45, 2.75) is 37.7 Å². The number of H-pyrrole nitrogens is 1. The van der Waals surface area contributed by atoms with Crippen LogP contribution in [0.15, 0.2) is 34.0 Å². The Morgan fingerprint density at radius 3 is 2.69 bits per heavy atom. The van der Waals surface area contributed by atoms with Crippen molar-refractivity contribution in [2.24, 2.45) is 0 Å². The Kier molecular flexibility index (Phi) is 6.15. The number of nitrogens with zero attached hydrogens (tertiary/aromatic N) is 2. The topological polar surface area (TPSA) is 136 Å². The molecule has 0 spiro atoms. The van der Waals surface area contributed by atoms with E-state index in [-0.39, 0.29) is 35.2 Å². The Labute approximate surface area is 168 Å². The third-order valence-corrected chi connectivity index (χ3v) is 6.35. The number of aromatic amines is 1. The van der Waals surface area contributed by atoms with Crippen molar-refractivity contribution in [3.05, 3.63) is 40.3 Å². The lowest BCUT2D eigenvalue weighted by Crippen LogP contribution is -2.53. The Hall–Kier alpha value is -2.56. The second-order valence-electron chi connectivity index (χ2n) is 6.77. The molecule has 2 aromatic rings. The number of β-amino-alcohol motifs (C(OH)–C–C–N with tert-alkyl or cyclic N) is 1. The minimum atomic E-state index is -3.79. The van der Waals surface area contributed by atoms with Crippen molar-refractivity contribution < 1.29 is 18.3 Å². The van der Waals surface area contributed by atoms with Gasteiger partial charge in [0.05, 0.1) is 34.6 Å². The molecule has 1 aliphatic heterocycles. The van der Waals surface area contributed by atoms with E-state index >= 15 is 0 Å². The van der Waals surface area contributed by atoms with Gasteiger partial charge >= 0.3 is 0 Å². The summed E-state index contributed by atoms with van der Waals surface area (Å²) >= 11 is 0. The van der Waals surface area contributed by atoms with Crippen LogP contribution in [-0.4, -0.2) is 59.3 Å². The fourth-order valence-corrected chi connectivity index (χ4v) is 4.56. The van der Waals surface area contributed by atoms with Gasteiger partial charge in [0.2, 0.25) is 10.0 Å². The van der Waals surface area contributed by atoms with Crippen molar-refractivity contribution in [1.29, 1.82) is 5.41 Å². The summed E-state index contributed by atoms with van der Waals surface area (Å²) in [4.78, 5) is 19.2. The van der Waals surface area contributed by atoms with Gasteiger partial charge in [0, 0.05) is 19.2 Å². The number of aliphatic hydroxyl groups is 1. The molecule has 3 N–H and O–H groups in total. The van der Waals surface area contributed by atoms with Crippen LogP contribution in [0.3, 0.4) is 0 Å². The molecular formula is C19H24N4O5S. The molecule has 2 heterocycles. The smallest absolute Gasteiger partial charge is 0.251 e. The summed E-state index contributed by atoms with van der Waals surface area (Å²) in [6.45, 7) is 4.15. The summed E-state index contributed by atoms with van der Waals surface area (Å²) in [6, 6.07) is 5.60. The van der Waals surface area contributed by atoms with Gasteiger partial charge in [-0.2, -0.15) is 4.31 Å². The van der Waals surface area contributed by atoms with Gasteiger partial charge in [0.15, 0.2) is 0 Å². The molecule has 0 amide bonds. The maximum Gasteiger partial charge on any atom is 0.251 e. The second kappa shape index (κ2) is 8.44. The van der Waals surface area contributed by atoms with Gasteiger partial charge in [0.25, 0.3) is 5.56 Å². The standard InChI is InChI=1S/C19H24N4O5S/c1-3-5-15(20)16-9-18(25)22-19(21-16)14-8-13(6-7-17(14)28-4-2)29(26,27)23-10-12(24)11-23/h6-9,12,20,24H,3-5,10-11H2,1-2H3,(H,21,22,25). The zero-order chi connectivity index (χ0) is 21.2. The van der Waals surface area contributed by atoms with Crippen molar-refractivity contribution >= 4 is 15.7 Å². The molecule has 1 aromatic carbocycles. The van der Waals surface area contributed by atoms with Crippen molar-refractivity contribution in [3.8, 4) is 17.1 Å². The molecule has 0 bridgehead atoms. The first-order chi connectivity index (χ1) is 13.8. The van der Waals surface area contributed by atoms with Crippen molar-refractivity contribution in [2.75, 3.05) is 19.7 Å². The predicted molar refractivity (Wildman–Crippen MR) is 108 cm³/mol. The first-order valence-corrected chi connectivity index (χ1v) is 10.8. The average Bonchev–Trinajstić information content (AvgIpc) is 2.65. The van der Waals surface area contributed by atoms with Gasteiger partial charge in [0.1, 0.15) is 11.6 Å². The molecule has 1 aromatic heterocycles. The zero-order valence-corrected chi connectivity index (χ0v) is 17.1. The molecule has 10 heteroatoms. The van der Waals surface area contributed by atoms with Crippen LogP contribution in [0.2, 0.25) is 0 Å². The van der Waals surface area contributed by atoms with Crippen LogP contribution in [0, 0.1) is 5.41 Å². The summed E-state index contributed by atoms with van der Waals surface area (Å²) in [5.41, 5.74) is 0.355. The zero-order valence-electron chi connectivity index (χ0n) is 16.3. The molecule has 156 valence electrons. The average molecular weight is 420 g/mol. The summed E-state index contributed by atoms with van der Waals surface area (Å²) in [6.07, 6.45) is 0.550. The van der Waals surface area contributed by atoms with E-state index in [9.17, 15) is 18.3 Å². The number of hydrogen-bond donors (Lipinski definition) is 3. The maximum atomic E-state index is 12.8. The van der Waals surface area contributed by atoms with Crippen LogP contribution in [0.1, 0.15) is 32.4 Å². The molecule has 29 heavy (non-hydrogen) atoms. The molecule has 0 saturated carbocycles. The number of sulfonamides is 1. The van der Waals surface area contributed by atoms with Crippen LogP contribution in [0.4, 0.5) is 0 Å². The number of nitrogens with one attached hydrogen (secondary N) is 2. The SMILES string of the molecule is CCCC(=N)c1cc(=O)[nH]c(-c2cc(S(=O)(=O)N3CC(O)C3)ccc2OCC)n1. The number of hydrogen-bond acceptors (Lipinski definition) is 7. The molecule has 9 nitrogen and oxygen atoms in total. The molecular weight excluding hydrogens is 396 g/mol. The van der Waals surface area contributed by atoms with Crippen LogP contribution >= 0.6 is 0 Å². The first-order valence-electron chi connectivity index (χ1n) is 9.40. The van der Waals surface area contributed by atoms with Gasteiger partial charge in [-0.3, -0.25) is 4.79 Å². The Morgan fingerprint density at radius 1 is 1.34 bits per heavy atom. The summed E-state index contributed by atoms with van der Waals surface area (Å²) < 4.78 is 32.4. The molecule has 0 radical (unpaired) electrons. The molecule has 1 aliphatic rings. The molecule has 0 atom stereocenters.